The second-order valence-electron chi connectivity index (χ2n) is 11.4. The number of hydrogen-bond acceptors (Lipinski definition) is 9. The van der Waals surface area contributed by atoms with E-state index in [0.29, 0.717) is 38.1 Å². The van der Waals surface area contributed by atoms with Crippen LogP contribution in [-0.2, 0) is 36.1 Å². The van der Waals surface area contributed by atoms with Gasteiger partial charge in [0.2, 0.25) is 0 Å². The molecule has 0 saturated carbocycles. The number of aliphatic hydroxyl groups is 1. The maximum atomic E-state index is 13.0. The Labute approximate surface area is 274 Å². The molecule has 0 heterocycles. The van der Waals surface area contributed by atoms with E-state index in [1.54, 1.807) is 20.8 Å². The molecule has 0 radical (unpaired) electrons. The van der Waals surface area contributed by atoms with Crippen molar-refractivity contribution in [3.8, 4) is 0 Å². The van der Waals surface area contributed by atoms with Crippen LogP contribution in [0.15, 0.2) is 47.4 Å². The lowest BCUT2D eigenvalue weighted by Crippen LogP contribution is -2.33. The van der Waals surface area contributed by atoms with Crippen molar-refractivity contribution in [1.82, 2.24) is 16.0 Å². The van der Waals surface area contributed by atoms with E-state index in [1.807, 2.05) is 0 Å². The highest BCUT2D eigenvalue weighted by Gasteiger charge is 2.37. The summed E-state index contributed by atoms with van der Waals surface area (Å²) in [6.07, 6.45) is -9.79. The minimum absolute atomic E-state index is 0.0934. The van der Waals surface area contributed by atoms with Crippen LogP contribution in [0.1, 0.15) is 73.3 Å². The fraction of sp³-hybridized carbons (Fsp3) is 0.533. The van der Waals surface area contributed by atoms with Gasteiger partial charge < -0.3 is 25.2 Å². The van der Waals surface area contributed by atoms with E-state index in [-0.39, 0.29) is 36.3 Å². The van der Waals surface area contributed by atoms with Crippen molar-refractivity contribution >= 4 is 22.1 Å². The number of alkyl halides is 6. The maximum Gasteiger partial charge on any atom is 0.416 e. The fourth-order valence-corrected chi connectivity index (χ4v) is 4.87. The number of nitrogens with one attached hydrogen (secondary N) is 3. The molecule has 0 bridgehead atoms. The zero-order valence-corrected chi connectivity index (χ0v) is 27.3. The molecular weight excluding hydrogens is 676 g/mol. The van der Waals surface area contributed by atoms with Crippen molar-refractivity contribution in [3.05, 3.63) is 64.7 Å². The summed E-state index contributed by atoms with van der Waals surface area (Å²) < 4.78 is 118. The predicted octanol–water partition coefficient (Wildman–Crippen LogP) is 5.15. The van der Waals surface area contributed by atoms with Crippen molar-refractivity contribution in [3.63, 3.8) is 0 Å². The van der Waals surface area contributed by atoms with Gasteiger partial charge in [-0.15, -0.1) is 0 Å². The summed E-state index contributed by atoms with van der Waals surface area (Å²) in [6.45, 7) is 4.83. The molecule has 0 aliphatic heterocycles. The minimum atomic E-state index is -5.11. The topological polar surface area (TPSA) is 152 Å². The van der Waals surface area contributed by atoms with Gasteiger partial charge in [-0.25, -0.2) is 4.79 Å². The van der Waals surface area contributed by atoms with Gasteiger partial charge in [0.15, 0.2) is 0 Å². The second-order valence-corrected chi connectivity index (χ2v) is 13.0. The van der Waals surface area contributed by atoms with Crippen molar-refractivity contribution in [2.45, 2.75) is 69.1 Å². The first-order chi connectivity index (χ1) is 22.2. The van der Waals surface area contributed by atoms with Gasteiger partial charge in [-0.3, -0.25) is 14.3 Å². The van der Waals surface area contributed by atoms with Crippen LogP contribution in [0.3, 0.4) is 0 Å². The number of amides is 2. The molecule has 48 heavy (non-hydrogen) atoms. The standard InChI is InChI=1S/C30H39F6N3O8S/c1-28(2,3)47-27(42)39-11-6-4-5-10-37-25(40)20-8-7-9-24(18-20)48(43,44)46-15-14-45-13-12-38-26(41)21-16-22(29(31,32)33)19-23(17-21)30(34,35)36/h7-9,16-19,25,37,40H,4-6,10-15H2,1-3H3,(H,38,41)(H,39,42). The molecule has 1 atom stereocenters. The summed E-state index contributed by atoms with van der Waals surface area (Å²) in [5, 5.41) is 18.1. The molecule has 2 aromatic rings. The molecule has 2 amide bonds. The summed E-state index contributed by atoms with van der Waals surface area (Å²) in [5.41, 5.74) is -4.44. The van der Waals surface area contributed by atoms with Crippen molar-refractivity contribution in [1.29, 1.82) is 0 Å². The van der Waals surface area contributed by atoms with E-state index in [9.17, 15) is 49.5 Å². The lowest BCUT2D eigenvalue weighted by molar-refractivity contribution is -0.143. The van der Waals surface area contributed by atoms with Gasteiger partial charge in [-0.1, -0.05) is 18.6 Å². The first-order valence-electron chi connectivity index (χ1n) is 14.7. The summed E-state index contributed by atoms with van der Waals surface area (Å²) in [4.78, 5) is 23.6. The summed E-state index contributed by atoms with van der Waals surface area (Å²) in [5.74, 6) is -1.20. The highest BCUT2D eigenvalue weighted by atomic mass is 32.2. The Morgan fingerprint density at radius 1 is 0.812 bits per heavy atom. The zero-order chi connectivity index (χ0) is 36.2. The largest absolute Gasteiger partial charge is 0.444 e. The van der Waals surface area contributed by atoms with E-state index < -0.39 is 69.6 Å². The molecule has 0 aliphatic carbocycles. The number of rotatable bonds is 17. The molecule has 11 nitrogen and oxygen atoms in total. The molecule has 0 saturated heterocycles. The van der Waals surface area contributed by atoms with Crippen LogP contribution < -0.4 is 16.0 Å². The number of alkyl carbamates (subject to hydrolysis) is 1. The van der Waals surface area contributed by atoms with E-state index in [4.69, 9.17) is 13.7 Å². The predicted molar refractivity (Wildman–Crippen MR) is 160 cm³/mol. The van der Waals surface area contributed by atoms with Crippen LogP contribution in [0, 0.1) is 0 Å². The van der Waals surface area contributed by atoms with Crippen LogP contribution in [0.25, 0.3) is 0 Å². The fourth-order valence-electron chi connectivity index (χ4n) is 3.93. The molecule has 0 aliphatic rings. The molecule has 0 aromatic heterocycles. The smallest absolute Gasteiger partial charge is 0.416 e. The molecule has 0 spiro atoms. The average Bonchev–Trinajstić information content (AvgIpc) is 2.98. The Balaban J connectivity index is 1.72. The van der Waals surface area contributed by atoms with Crippen molar-refractivity contribution in [2.24, 2.45) is 0 Å². The van der Waals surface area contributed by atoms with Crippen molar-refractivity contribution < 1.29 is 63.1 Å². The number of carbonyl (C=O) groups is 2. The Kier molecular flexibility index (Phi) is 15.1. The SMILES string of the molecule is CC(C)(C)OC(=O)NCCCCCNC(O)c1cccc(S(=O)(=O)OCCOCCNC(=O)c2cc(C(F)(F)F)cc(C(F)(F)F)c2)c1. The van der Waals surface area contributed by atoms with Crippen LogP contribution >= 0.6 is 0 Å². The minimum Gasteiger partial charge on any atom is -0.444 e. The number of hydrogen-bond donors (Lipinski definition) is 4. The maximum absolute atomic E-state index is 13.0. The average molecular weight is 716 g/mol. The number of aliphatic hydroxyl groups excluding tert-OH is 1. The van der Waals surface area contributed by atoms with E-state index in [1.165, 1.54) is 24.3 Å². The first kappa shape index (κ1) is 40.7. The van der Waals surface area contributed by atoms with E-state index in [2.05, 4.69) is 16.0 Å². The molecule has 270 valence electrons. The number of benzene rings is 2. The lowest BCUT2D eigenvalue weighted by atomic mass is 10.0. The number of carbonyl (C=O) groups excluding carboxylic acids is 2. The quantitative estimate of drug-likeness (QED) is 0.0754. The highest BCUT2D eigenvalue weighted by Crippen LogP contribution is 2.36. The van der Waals surface area contributed by atoms with Crippen LogP contribution in [0.2, 0.25) is 0 Å². The lowest BCUT2D eigenvalue weighted by Gasteiger charge is -2.19. The number of ether oxygens (including phenoxy) is 2. The van der Waals surface area contributed by atoms with Gasteiger partial charge in [-0.2, -0.15) is 34.8 Å². The van der Waals surface area contributed by atoms with Gasteiger partial charge in [0.25, 0.3) is 16.0 Å². The molecule has 2 aromatic carbocycles. The van der Waals surface area contributed by atoms with Gasteiger partial charge in [0.1, 0.15) is 11.8 Å². The van der Waals surface area contributed by atoms with Crippen LogP contribution in [-0.4, -0.2) is 70.6 Å². The Morgan fingerprint density at radius 3 is 2.04 bits per heavy atom. The third kappa shape index (κ3) is 14.8. The van der Waals surface area contributed by atoms with Crippen LogP contribution in [0.5, 0.6) is 0 Å². The van der Waals surface area contributed by atoms with Crippen molar-refractivity contribution in [2.75, 3.05) is 39.5 Å². The highest BCUT2D eigenvalue weighted by molar-refractivity contribution is 7.86. The first-order valence-corrected chi connectivity index (χ1v) is 16.1. The summed E-state index contributed by atoms with van der Waals surface area (Å²) >= 11 is 0. The molecule has 4 N–H and O–H groups in total. The number of halogens is 6. The molecule has 0 fully saturated rings. The summed E-state index contributed by atoms with van der Waals surface area (Å²) in [7, 11) is -4.26. The molecule has 1 unspecified atom stereocenters. The van der Waals surface area contributed by atoms with Gasteiger partial charge in [-0.05, 0) is 76.1 Å². The molecule has 18 heteroatoms. The summed E-state index contributed by atoms with van der Waals surface area (Å²) in [6, 6.07) is 5.92. The third-order valence-corrected chi connectivity index (χ3v) is 7.48. The molecular formula is C30H39F6N3O8S. The van der Waals surface area contributed by atoms with Gasteiger partial charge in [0.05, 0.1) is 35.8 Å². The van der Waals surface area contributed by atoms with Gasteiger partial charge >= 0.3 is 18.4 Å². The zero-order valence-electron chi connectivity index (χ0n) is 26.5. The van der Waals surface area contributed by atoms with E-state index >= 15 is 0 Å². The van der Waals surface area contributed by atoms with Gasteiger partial charge in [0, 0.05) is 18.7 Å². The number of unbranched alkanes of at least 4 members (excludes halogenated alkanes) is 2. The normalized spacial score (nSPS) is 13.2. The monoisotopic (exact) mass is 715 g/mol. The Hall–Kier alpha value is -3.45. The van der Waals surface area contributed by atoms with E-state index in [0.717, 1.165) is 6.42 Å². The Morgan fingerprint density at radius 2 is 1.44 bits per heavy atom. The molecule has 2 rings (SSSR count). The second kappa shape index (κ2) is 17.8. The Bertz CT molecular complexity index is 1430. The van der Waals surface area contributed by atoms with Crippen LogP contribution in [0.4, 0.5) is 31.1 Å². The third-order valence-electron chi connectivity index (χ3n) is 6.17.